The lowest BCUT2D eigenvalue weighted by Gasteiger charge is -2.27. The standard InChI is InChI=1S/C14H21NO5S/c1-5-20-10-6-8-11(9-7-10)21(18,19)15-12(13(16)17)14(2,3)4/h6-9,12,15H,5H2,1-4H3,(H,16,17)/t12-/m1/s1. The number of carboxylic acids is 1. The number of carboxylic acid groups (broad SMARTS) is 1. The highest BCUT2D eigenvalue weighted by molar-refractivity contribution is 7.89. The predicted octanol–water partition coefficient (Wildman–Crippen LogP) is 1.86. The maximum atomic E-state index is 12.2. The van der Waals surface area contributed by atoms with Crippen molar-refractivity contribution < 1.29 is 23.1 Å². The van der Waals surface area contributed by atoms with Gasteiger partial charge in [0.25, 0.3) is 0 Å². The van der Waals surface area contributed by atoms with E-state index in [2.05, 4.69) is 4.72 Å². The van der Waals surface area contributed by atoms with E-state index in [9.17, 15) is 18.3 Å². The van der Waals surface area contributed by atoms with E-state index in [1.54, 1.807) is 20.8 Å². The maximum absolute atomic E-state index is 12.2. The zero-order chi connectivity index (χ0) is 16.3. The molecule has 1 atom stereocenters. The van der Waals surface area contributed by atoms with Crippen LogP contribution in [0, 0.1) is 5.41 Å². The fourth-order valence-corrected chi connectivity index (χ4v) is 3.10. The topological polar surface area (TPSA) is 92.7 Å². The molecule has 0 aromatic heterocycles. The van der Waals surface area contributed by atoms with Gasteiger partial charge in [0.2, 0.25) is 10.0 Å². The number of aliphatic carboxylic acids is 1. The van der Waals surface area contributed by atoms with Crippen LogP contribution >= 0.6 is 0 Å². The SMILES string of the molecule is CCOc1ccc(S(=O)(=O)N[C@H](C(=O)O)C(C)(C)C)cc1. The molecule has 1 rings (SSSR count). The van der Waals surface area contributed by atoms with Crippen molar-refractivity contribution in [1.82, 2.24) is 4.72 Å². The number of ether oxygens (including phenoxy) is 1. The zero-order valence-electron chi connectivity index (χ0n) is 12.6. The Hall–Kier alpha value is -1.60. The van der Waals surface area contributed by atoms with Gasteiger partial charge in [0.1, 0.15) is 11.8 Å². The Morgan fingerprint density at radius 2 is 1.81 bits per heavy atom. The summed E-state index contributed by atoms with van der Waals surface area (Å²) in [6.07, 6.45) is 0. The van der Waals surface area contributed by atoms with E-state index >= 15 is 0 Å². The molecular formula is C14H21NO5S. The highest BCUT2D eigenvalue weighted by Crippen LogP contribution is 2.22. The summed E-state index contributed by atoms with van der Waals surface area (Å²) in [7, 11) is -3.91. The van der Waals surface area contributed by atoms with Gasteiger partial charge in [-0.3, -0.25) is 4.79 Å². The molecule has 118 valence electrons. The Morgan fingerprint density at radius 1 is 1.29 bits per heavy atom. The highest BCUT2D eigenvalue weighted by Gasteiger charge is 2.35. The van der Waals surface area contributed by atoms with Gasteiger partial charge in [0, 0.05) is 0 Å². The number of hydrogen-bond donors (Lipinski definition) is 2. The second kappa shape index (κ2) is 6.44. The van der Waals surface area contributed by atoms with Crippen molar-refractivity contribution in [2.75, 3.05) is 6.61 Å². The largest absolute Gasteiger partial charge is 0.494 e. The van der Waals surface area contributed by atoms with Crippen LogP contribution in [-0.4, -0.2) is 32.1 Å². The van der Waals surface area contributed by atoms with E-state index in [0.717, 1.165) is 0 Å². The molecule has 2 N–H and O–H groups in total. The Bertz CT molecular complexity index is 587. The lowest BCUT2D eigenvalue weighted by molar-refractivity contribution is -0.141. The third kappa shape index (κ3) is 4.71. The molecule has 1 aromatic rings. The van der Waals surface area contributed by atoms with Gasteiger partial charge in [0.15, 0.2) is 0 Å². The van der Waals surface area contributed by atoms with Crippen molar-refractivity contribution in [1.29, 1.82) is 0 Å². The first-order chi connectivity index (χ1) is 9.58. The Morgan fingerprint density at radius 3 is 2.19 bits per heavy atom. The van der Waals surface area contributed by atoms with Crippen LogP contribution in [-0.2, 0) is 14.8 Å². The van der Waals surface area contributed by atoms with E-state index in [1.807, 2.05) is 6.92 Å². The molecule has 0 saturated heterocycles. The minimum atomic E-state index is -3.91. The molecule has 7 heteroatoms. The zero-order valence-corrected chi connectivity index (χ0v) is 13.4. The monoisotopic (exact) mass is 315 g/mol. The summed E-state index contributed by atoms with van der Waals surface area (Å²) in [4.78, 5) is 11.2. The van der Waals surface area contributed by atoms with Crippen molar-refractivity contribution in [3.63, 3.8) is 0 Å². The molecule has 0 fully saturated rings. The fourth-order valence-electron chi connectivity index (χ4n) is 1.70. The van der Waals surface area contributed by atoms with E-state index in [0.29, 0.717) is 12.4 Å². The van der Waals surface area contributed by atoms with Gasteiger partial charge in [-0.05, 0) is 36.6 Å². The van der Waals surface area contributed by atoms with Crippen molar-refractivity contribution in [2.24, 2.45) is 5.41 Å². The molecule has 1 aromatic carbocycles. The van der Waals surface area contributed by atoms with Gasteiger partial charge in [-0.1, -0.05) is 20.8 Å². The van der Waals surface area contributed by atoms with Crippen LogP contribution in [0.2, 0.25) is 0 Å². The van der Waals surface area contributed by atoms with Gasteiger partial charge in [-0.25, -0.2) is 8.42 Å². The van der Waals surface area contributed by atoms with Crippen molar-refractivity contribution in [3.8, 4) is 5.75 Å². The molecule has 0 saturated carbocycles. The smallest absolute Gasteiger partial charge is 0.322 e. The Labute approximate surface area is 125 Å². The third-order valence-electron chi connectivity index (χ3n) is 2.83. The van der Waals surface area contributed by atoms with Crippen LogP contribution in [0.5, 0.6) is 5.75 Å². The molecule has 0 unspecified atom stereocenters. The number of carbonyl (C=O) groups is 1. The second-order valence-electron chi connectivity index (χ2n) is 5.66. The number of sulfonamides is 1. The maximum Gasteiger partial charge on any atom is 0.322 e. The summed E-state index contributed by atoms with van der Waals surface area (Å²) in [6.45, 7) is 7.29. The second-order valence-corrected chi connectivity index (χ2v) is 7.38. The van der Waals surface area contributed by atoms with Crippen LogP contribution in [0.1, 0.15) is 27.7 Å². The van der Waals surface area contributed by atoms with Crippen LogP contribution in [0.15, 0.2) is 29.2 Å². The molecule has 0 aliphatic carbocycles. The first kappa shape index (κ1) is 17.5. The average molecular weight is 315 g/mol. The van der Waals surface area contributed by atoms with E-state index in [1.165, 1.54) is 24.3 Å². The van der Waals surface area contributed by atoms with Gasteiger partial charge in [-0.2, -0.15) is 4.72 Å². The molecule has 21 heavy (non-hydrogen) atoms. The summed E-state index contributed by atoms with van der Waals surface area (Å²) in [5, 5.41) is 9.19. The van der Waals surface area contributed by atoms with Gasteiger partial charge >= 0.3 is 5.97 Å². The average Bonchev–Trinajstić information content (AvgIpc) is 2.35. The lowest BCUT2D eigenvalue weighted by Crippen LogP contribution is -2.48. The van der Waals surface area contributed by atoms with E-state index < -0.39 is 27.4 Å². The van der Waals surface area contributed by atoms with Crippen molar-refractivity contribution >= 4 is 16.0 Å². The van der Waals surface area contributed by atoms with Crippen molar-refractivity contribution in [2.45, 2.75) is 38.6 Å². The summed E-state index contributed by atoms with van der Waals surface area (Å²) < 4.78 is 32.0. The molecule has 0 bridgehead atoms. The fraction of sp³-hybridized carbons (Fsp3) is 0.500. The van der Waals surface area contributed by atoms with E-state index in [-0.39, 0.29) is 4.90 Å². The predicted molar refractivity (Wildman–Crippen MR) is 78.8 cm³/mol. The summed E-state index contributed by atoms with van der Waals surface area (Å²) in [6, 6.07) is 4.62. The number of benzene rings is 1. The first-order valence-electron chi connectivity index (χ1n) is 6.56. The molecule has 6 nitrogen and oxygen atoms in total. The molecule has 0 amide bonds. The molecule has 0 spiro atoms. The summed E-state index contributed by atoms with van der Waals surface area (Å²) in [5.74, 6) is -0.654. The number of hydrogen-bond acceptors (Lipinski definition) is 4. The summed E-state index contributed by atoms with van der Waals surface area (Å²) >= 11 is 0. The van der Waals surface area contributed by atoms with Gasteiger partial charge in [0.05, 0.1) is 11.5 Å². The molecule has 0 aliphatic heterocycles. The van der Waals surface area contributed by atoms with Crippen molar-refractivity contribution in [3.05, 3.63) is 24.3 Å². The molecular weight excluding hydrogens is 294 g/mol. The van der Waals surface area contributed by atoms with Gasteiger partial charge in [-0.15, -0.1) is 0 Å². The normalized spacial score (nSPS) is 13.7. The third-order valence-corrected chi connectivity index (χ3v) is 4.27. The molecule has 0 heterocycles. The molecule has 0 aliphatic rings. The van der Waals surface area contributed by atoms with Crippen LogP contribution in [0.3, 0.4) is 0 Å². The molecule has 0 radical (unpaired) electrons. The lowest BCUT2D eigenvalue weighted by atomic mass is 9.88. The van der Waals surface area contributed by atoms with Gasteiger partial charge < -0.3 is 9.84 Å². The minimum absolute atomic E-state index is 0.00135. The van der Waals surface area contributed by atoms with Crippen LogP contribution in [0.4, 0.5) is 0 Å². The van der Waals surface area contributed by atoms with Crippen LogP contribution in [0.25, 0.3) is 0 Å². The Kier molecular flexibility index (Phi) is 5.36. The number of nitrogens with one attached hydrogen (secondary N) is 1. The first-order valence-corrected chi connectivity index (χ1v) is 8.04. The number of rotatable bonds is 6. The summed E-state index contributed by atoms with van der Waals surface area (Å²) in [5.41, 5.74) is -0.746. The highest BCUT2D eigenvalue weighted by atomic mass is 32.2. The van der Waals surface area contributed by atoms with E-state index in [4.69, 9.17) is 4.74 Å². The minimum Gasteiger partial charge on any atom is -0.494 e. The Balaban J connectivity index is 3.02. The quantitative estimate of drug-likeness (QED) is 0.836. The van der Waals surface area contributed by atoms with Crippen LogP contribution < -0.4 is 9.46 Å².